The van der Waals surface area contributed by atoms with E-state index in [1.54, 1.807) is 0 Å². The quantitative estimate of drug-likeness (QED) is 0.492. The first kappa shape index (κ1) is 23.5. The third-order valence-electron chi connectivity index (χ3n) is 7.53. The normalized spacial score (nSPS) is 31.1. The van der Waals surface area contributed by atoms with Gasteiger partial charge in [-0.1, -0.05) is 43.6 Å². The molecule has 1 aliphatic heterocycles. The van der Waals surface area contributed by atoms with E-state index in [0.29, 0.717) is 30.6 Å². The number of likely N-dealkylation sites (tertiary alicyclic amines) is 1. The van der Waals surface area contributed by atoms with Crippen LogP contribution in [-0.2, 0) is 4.79 Å². The molecule has 0 radical (unpaired) electrons. The van der Waals surface area contributed by atoms with Gasteiger partial charge in [0.2, 0.25) is 5.91 Å². The molecule has 0 aromatic carbocycles. The maximum absolute atomic E-state index is 12.4. The molecule has 0 bridgehead atoms. The third-order valence-corrected chi connectivity index (χ3v) is 7.53. The van der Waals surface area contributed by atoms with E-state index in [2.05, 4.69) is 25.2 Å². The van der Waals surface area contributed by atoms with Gasteiger partial charge in [0.15, 0.2) is 0 Å². The fraction of sp³-hybridized carbons (Fsp3) is 0.808. The Bertz CT molecular complexity index is 618. The molecule has 1 heterocycles. The van der Waals surface area contributed by atoms with Gasteiger partial charge in [-0.15, -0.1) is 0 Å². The molecule has 0 aromatic heterocycles. The number of carbonyl (C=O) groups is 1. The van der Waals surface area contributed by atoms with Gasteiger partial charge < -0.3 is 15.1 Å². The molecule has 3 rings (SSSR count). The molecule has 1 saturated heterocycles. The number of unbranched alkanes of at least 4 members (excludes halogenated alkanes) is 1. The topological polar surface area (TPSA) is 60.8 Å². The minimum absolute atomic E-state index is 0.195. The summed E-state index contributed by atoms with van der Waals surface area (Å²) in [5.74, 6) is 1.49. The molecule has 0 aromatic rings. The van der Waals surface area contributed by atoms with Crippen LogP contribution in [0.25, 0.3) is 0 Å². The van der Waals surface area contributed by atoms with Crippen molar-refractivity contribution in [3.05, 3.63) is 23.8 Å². The summed E-state index contributed by atoms with van der Waals surface area (Å²) in [6.45, 7) is 5.96. The van der Waals surface area contributed by atoms with Gasteiger partial charge in [-0.05, 0) is 76.5 Å². The SMILES string of the molecule is CCCC[C@](C)(O)CC=C[C@@H]1[C@H]2CC(CCCC(=O)N3CCCCC3)=C[C@H]2C[C@H]1O. The van der Waals surface area contributed by atoms with Crippen LogP contribution < -0.4 is 0 Å². The van der Waals surface area contributed by atoms with Crippen molar-refractivity contribution in [3.8, 4) is 0 Å². The molecular weight excluding hydrogens is 374 g/mol. The summed E-state index contributed by atoms with van der Waals surface area (Å²) in [6, 6.07) is 0. The van der Waals surface area contributed by atoms with Crippen molar-refractivity contribution in [3.63, 3.8) is 0 Å². The number of fused-ring (bicyclic) bond motifs is 1. The lowest BCUT2D eigenvalue weighted by Crippen LogP contribution is -2.35. The van der Waals surface area contributed by atoms with E-state index in [-0.39, 0.29) is 12.0 Å². The van der Waals surface area contributed by atoms with E-state index >= 15 is 0 Å². The number of nitrogens with zero attached hydrogens (tertiary/aromatic N) is 1. The molecular formula is C26H43NO3. The van der Waals surface area contributed by atoms with Gasteiger partial charge in [0.05, 0.1) is 11.7 Å². The summed E-state index contributed by atoms with van der Waals surface area (Å²) in [5, 5.41) is 21.0. The Morgan fingerprint density at radius 1 is 1.27 bits per heavy atom. The number of piperidine rings is 1. The van der Waals surface area contributed by atoms with Gasteiger partial charge in [0, 0.05) is 25.4 Å². The van der Waals surface area contributed by atoms with E-state index in [1.807, 2.05) is 11.8 Å². The van der Waals surface area contributed by atoms with Crippen molar-refractivity contribution in [1.29, 1.82) is 0 Å². The minimum Gasteiger partial charge on any atom is -0.392 e. The Morgan fingerprint density at radius 3 is 2.77 bits per heavy atom. The Hall–Kier alpha value is -1.13. The summed E-state index contributed by atoms with van der Waals surface area (Å²) < 4.78 is 0. The number of hydrogen-bond acceptors (Lipinski definition) is 3. The molecule has 0 spiro atoms. The van der Waals surface area contributed by atoms with Crippen LogP contribution >= 0.6 is 0 Å². The van der Waals surface area contributed by atoms with Crippen LogP contribution in [0.1, 0.15) is 90.9 Å². The van der Waals surface area contributed by atoms with Gasteiger partial charge >= 0.3 is 0 Å². The van der Waals surface area contributed by atoms with Crippen LogP contribution in [0, 0.1) is 17.8 Å². The lowest BCUT2D eigenvalue weighted by Gasteiger charge is -2.26. The molecule has 2 aliphatic carbocycles. The van der Waals surface area contributed by atoms with E-state index in [0.717, 1.165) is 70.9 Å². The standard InChI is InChI=1S/C26H43NO3/c1-3-4-13-26(2,30)14-9-11-22-23-18-20(17-21(23)19-24(22)28)10-8-12-25(29)27-15-6-5-7-16-27/h9,11,17,21-24,28,30H,3-8,10,12-16,18-19H2,1-2H3/t21-,22+,23-,24+,26-/m0/s1. The molecule has 2 N–H and O–H groups in total. The summed E-state index contributed by atoms with van der Waals surface area (Å²) in [6.07, 6.45) is 18.2. The zero-order chi connectivity index (χ0) is 21.6. The molecule has 170 valence electrons. The van der Waals surface area contributed by atoms with Crippen molar-refractivity contribution in [2.24, 2.45) is 17.8 Å². The first-order valence-electron chi connectivity index (χ1n) is 12.4. The van der Waals surface area contributed by atoms with Gasteiger partial charge in [0.1, 0.15) is 0 Å². The highest BCUT2D eigenvalue weighted by molar-refractivity contribution is 5.76. The Kier molecular flexibility index (Phi) is 8.59. The number of amides is 1. The lowest BCUT2D eigenvalue weighted by molar-refractivity contribution is -0.132. The van der Waals surface area contributed by atoms with Gasteiger partial charge in [-0.25, -0.2) is 0 Å². The first-order valence-corrected chi connectivity index (χ1v) is 12.4. The second-order valence-electron chi connectivity index (χ2n) is 10.3. The van der Waals surface area contributed by atoms with Crippen LogP contribution in [0.4, 0.5) is 0 Å². The Balaban J connectivity index is 1.43. The highest BCUT2D eigenvalue weighted by atomic mass is 16.3. The van der Waals surface area contributed by atoms with E-state index < -0.39 is 5.60 Å². The number of allylic oxidation sites excluding steroid dienone is 2. The molecule has 5 atom stereocenters. The Labute approximate surface area is 183 Å². The monoisotopic (exact) mass is 417 g/mol. The van der Waals surface area contributed by atoms with Crippen molar-refractivity contribution < 1.29 is 15.0 Å². The molecule has 0 unspecified atom stereocenters. The van der Waals surface area contributed by atoms with Crippen LogP contribution in [0.2, 0.25) is 0 Å². The summed E-state index contributed by atoms with van der Waals surface area (Å²) >= 11 is 0. The lowest BCUT2D eigenvalue weighted by atomic mass is 9.87. The largest absolute Gasteiger partial charge is 0.392 e. The van der Waals surface area contributed by atoms with Crippen molar-refractivity contribution >= 4 is 5.91 Å². The number of aliphatic hydroxyl groups excluding tert-OH is 1. The molecule has 4 nitrogen and oxygen atoms in total. The van der Waals surface area contributed by atoms with Crippen LogP contribution in [0.15, 0.2) is 23.8 Å². The number of rotatable bonds is 10. The fourth-order valence-corrected chi connectivity index (χ4v) is 5.70. The number of carbonyl (C=O) groups excluding carboxylic acids is 1. The van der Waals surface area contributed by atoms with E-state index in [1.165, 1.54) is 12.0 Å². The fourth-order valence-electron chi connectivity index (χ4n) is 5.70. The highest BCUT2D eigenvalue weighted by Crippen LogP contribution is 2.48. The van der Waals surface area contributed by atoms with E-state index in [9.17, 15) is 15.0 Å². The van der Waals surface area contributed by atoms with Gasteiger partial charge in [0.25, 0.3) is 0 Å². The smallest absolute Gasteiger partial charge is 0.222 e. The van der Waals surface area contributed by atoms with Crippen LogP contribution in [0.5, 0.6) is 0 Å². The van der Waals surface area contributed by atoms with Crippen molar-refractivity contribution in [2.45, 2.75) is 103 Å². The molecule has 1 amide bonds. The zero-order valence-electron chi connectivity index (χ0n) is 19.2. The summed E-state index contributed by atoms with van der Waals surface area (Å²) in [4.78, 5) is 14.4. The molecule has 1 saturated carbocycles. The maximum Gasteiger partial charge on any atom is 0.222 e. The van der Waals surface area contributed by atoms with Gasteiger partial charge in [-0.3, -0.25) is 4.79 Å². The first-order chi connectivity index (χ1) is 14.4. The Morgan fingerprint density at radius 2 is 2.03 bits per heavy atom. The number of aliphatic hydroxyl groups is 2. The summed E-state index contributed by atoms with van der Waals surface area (Å²) in [7, 11) is 0. The second kappa shape index (κ2) is 10.9. The van der Waals surface area contributed by atoms with Crippen LogP contribution in [-0.4, -0.2) is 45.8 Å². The molecule has 3 aliphatic rings. The van der Waals surface area contributed by atoms with Crippen LogP contribution in [0.3, 0.4) is 0 Å². The average Bonchev–Trinajstić information content (AvgIpc) is 3.24. The average molecular weight is 418 g/mol. The van der Waals surface area contributed by atoms with Crippen molar-refractivity contribution in [1.82, 2.24) is 4.90 Å². The summed E-state index contributed by atoms with van der Waals surface area (Å²) in [5.41, 5.74) is 0.840. The highest BCUT2D eigenvalue weighted by Gasteiger charge is 2.43. The molecule has 2 fully saturated rings. The zero-order valence-corrected chi connectivity index (χ0v) is 19.2. The molecule has 30 heavy (non-hydrogen) atoms. The number of hydrogen-bond donors (Lipinski definition) is 2. The minimum atomic E-state index is -0.643. The second-order valence-corrected chi connectivity index (χ2v) is 10.3. The predicted octanol–water partition coefficient (Wildman–Crippen LogP) is 5.00. The van der Waals surface area contributed by atoms with Crippen molar-refractivity contribution in [2.75, 3.05) is 13.1 Å². The predicted molar refractivity (Wildman–Crippen MR) is 122 cm³/mol. The molecule has 4 heteroatoms. The van der Waals surface area contributed by atoms with Gasteiger partial charge in [-0.2, -0.15) is 0 Å². The van der Waals surface area contributed by atoms with E-state index in [4.69, 9.17) is 0 Å². The maximum atomic E-state index is 12.4. The third kappa shape index (κ3) is 6.43.